The number of benzene rings is 1. The summed E-state index contributed by atoms with van der Waals surface area (Å²) in [5.41, 5.74) is 5.83. The Bertz CT molecular complexity index is 617. The van der Waals surface area contributed by atoms with Gasteiger partial charge in [0.1, 0.15) is 6.10 Å². The van der Waals surface area contributed by atoms with Gasteiger partial charge in [0, 0.05) is 22.7 Å². The van der Waals surface area contributed by atoms with Crippen molar-refractivity contribution < 1.29 is 9.84 Å². The number of hydrogen-bond acceptors (Lipinski definition) is 4. The van der Waals surface area contributed by atoms with Crippen LogP contribution < -0.4 is 11.1 Å². The van der Waals surface area contributed by atoms with Gasteiger partial charge < -0.3 is 20.9 Å². The SMILES string of the molecule is NC(=NCC(O)c1cc2ccccc2s1)NCC1CCCO1. The molecule has 5 nitrogen and oxygen atoms in total. The van der Waals surface area contributed by atoms with Crippen molar-refractivity contribution in [3.63, 3.8) is 0 Å². The molecular weight excluding hydrogens is 298 g/mol. The van der Waals surface area contributed by atoms with Crippen molar-refractivity contribution >= 4 is 27.4 Å². The van der Waals surface area contributed by atoms with Crippen LogP contribution in [0.4, 0.5) is 0 Å². The molecule has 1 saturated heterocycles. The van der Waals surface area contributed by atoms with Crippen molar-refractivity contribution in [2.75, 3.05) is 19.7 Å². The highest BCUT2D eigenvalue weighted by Gasteiger charge is 2.15. The normalized spacial score (nSPS) is 20.4. The number of guanidine groups is 1. The lowest BCUT2D eigenvalue weighted by Gasteiger charge is -2.11. The molecule has 4 N–H and O–H groups in total. The van der Waals surface area contributed by atoms with E-state index in [2.05, 4.69) is 16.4 Å². The maximum absolute atomic E-state index is 10.2. The number of aliphatic hydroxyl groups excluding tert-OH is 1. The third-order valence-electron chi connectivity index (χ3n) is 3.74. The van der Waals surface area contributed by atoms with Crippen LogP contribution in [0.3, 0.4) is 0 Å². The van der Waals surface area contributed by atoms with Crippen LogP contribution in [0.2, 0.25) is 0 Å². The lowest BCUT2D eigenvalue weighted by Crippen LogP contribution is -2.37. The molecule has 1 aromatic carbocycles. The van der Waals surface area contributed by atoms with Crippen molar-refractivity contribution in [2.45, 2.75) is 25.0 Å². The Kier molecular flexibility index (Phi) is 4.92. The van der Waals surface area contributed by atoms with Gasteiger partial charge in [0.2, 0.25) is 0 Å². The maximum atomic E-state index is 10.2. The quantitative estimate of drug-likeness (QED) is 0.582. The molecule has 6 heteroatoms. The summed E-state index contributed by atoms with van der Waals surface area (Å²) in [5.74, 6) is 0.357. The number of nitrogens with two attached hydrogens (primary N) is 1. The first kappa shape index (κ1) is 15.3. The molecule has 1 fully saturated rings. The monoisotopic (exact) mass is 319 g/mol. The highest BCUT2D eigenvalue weighted by Crippen LogP contribution is 2.29. The summed E-state index contributed by atoms with van der Waals surface area (Å²) >= 11 is 1.59. The van der Waals surface area contributed by atoms with Gasteiger partial charge in [-0.05, 0) is 30.4 Å². The van der Waals surface area contributed by atoms with Crippen molar-refractivity contribution in [3.05, 3.63) is 35.2 Å². The number of aliphatic hydroxyl groups is 1. The fourth-order valence-corrected chi connectivity index (χ4v) is 3.56. The average Bonchev–Trinajstić information content (AvgIpc) is 3.19. The van der Waals surface area contributed by atoms with Gasteiger partial charge in [-0.1, -0.05) is 18.2 Å². The number of hydrogen-bond donors (Lipinski definition) is 3. The number of aliphatic imine (C=N–C) groups is 1. The predicted octanol–water partition coefficient (Wildman–Crippen LogP) is 2.02. The maximum Gasteiger partial charge on any atom is 0.188 e. The van der Waals surface area contributed by atoms with Gasteiger partial charge in [-0.2, -0.15) is 0 Å². The van der Waals surface area contributed by atoms with Crippen LogP contribution in [0.1, 0.15) is 23.8 Å². The molecule has 2 heterocycles. The highest BCUT2D eigenvalue weighted by molar-refractivity contribution is 7.19. The van der Waals surface area contributed by atoms with Crippen LogP contribution in [0.5, 0.6) is 0 Å². The Balaban J connectivity index is 1.53. The fourth-order valence-electron chi connectivity index (χ4n) is 2.52. The van der Waals surface area contributed by atoms with Crippen molar-refractivity contribution in [3.8, 4) is 0 Å². The van der Waals surface area contributed by atoms with Gasteiger partial charge in [0.05, 0.1) is 12.6 Å². The fraction of sp³-hybridized carbons (Fsp3) is 0.438. The highest BCUT2D eigenvalue weighted by atomic mass is 32.1. The van der Waals surface area contributed by atoms with Gasteiger partial charge in [-0.15, -0.1) is 11.3 Å². The van der Waals surface area contributed by atoms with Crippen LogP contribution in [0.25, 0.3) is 10.1 Å². The number of ether oxygens (including phenoxy) is 1. The molecule has 1 aliphatic rings. The third-order valence-corrected chi connectivity index (χ3v) is 4.96. The molecule has 2 aromatic rings. The Morgan fingerprint density at radius 3 is 3.14 bits per heavy atom. The van der Waals surface area contributed by atoms with Crippen LogP contribution in [0.15, 0.2) is 35.3 Å². The van der Waals surface area contributed by atoms with Gasteiger partial charge >= 0.3 is 0 Å². The second-order valence-corrected chi connectivity index (χ2v) is 6.56. The second kappa shape index (κ2) is 7.09. The first-order valence-electron chi connectivity index (χ1n) is 7.54. The Morgan fingerprint density at radius 1 is 1.50 bits per heavy atom. The molecular formula is C16H21N3O2S. The summed E-state index contributed by atoms with van der Waals surface area (Å²) < 4.78 is 6.68. The minimum Gasteiger partial charge on any atom is -0.386 e. The first-order chi connectivity index (χ1) is 10.7. The molecule has 2 atom stereocenters. The summed E-state index contributed by atoms with van der Waals surface area (Å²) in [4.78, 5) is 5.13. The van der Waals surface area contributed by atoms with E-state index in [0.717, 1.165) is 29.7 Å². The van der Waals surface area contributed by atoms with Crippen LogP contribution in [-0.2, 0) is 4.74 Å². The van der Waals surface area contributed by atoms with E-state index in [4.69, 9.17) is 10.5 Å². The third kappa shape index (κ3) is 3.76. The molecule has 22 heavy (non-hydrogen) atoms. The molecule has 0 radical (unpaired) electrons. The van der Waals surface area contributed by atoms with E-state index in [1.54, 1.807) is 11.3 Å². The zero-order valence-corrected chi connectivity index (χ0v) is 13.2. The predicted molar refractivity (Wildman–Crippen MR) is 90.3 cm³/mol. The Hall–Kier alpha value is -1.63. The number of thiophene rings is 1. The molecule has 2 unspecified atom stereocenters. The first-order valence-corrected chi connectivity index (χ1v) is 8.36. The van der Waals surface area contributed by atoms with Crippen molar-refractivity contribution in [1.82, 2.24) is 5.32 Å². The van der Waals surface area contributed by atoms with Gasteiger partial charge in [-0.25, -0.2) is 0 Å². The summed E-state index contributed by atoms with van der Waals surface area (Å²) in [6, 6.07) is 10.1. The van der Waals surface area contributed by atoms with E-state index in [-0.39, 0.29) is 12.6 Å². The van der Waals surface area contributed by atoms with E-state index >= 15 is 0 Å². The molecule has 0 amide bonds. The summed E-state index contributed by atoms with van der Waals surface area (Å²) in [7, 11) is 0. The molecule has 1 aromatic heterocycles. The lowest BCUT2D eigenvalue weighted by molar-refractivity contribution is 0.114. The van der Waals surface area contributed by atoms with Crippen LogP contribution >= 0.6 is 11.3 Å². The van der Waals surface area contributed by atoms with E-state index in [1.165, 1.54) is 4.70 Å². The van der Waals surface area contributed by atoms with E-state index < -0.39 is 6.10 Å². The van der Waals surface area contributed by atoms with Crippen molar-refractivity contribution in [1.29, 1.82) is 0 Å². The van der Waals surface area contributed by atoms with Gasteiger partial charge in [0.25, 0.3) is 0 Å². The largest absolute Gasteiger partial charge is 0.386 e. The molecule has 3 rings (SSSR count). The number of nitrogens with one attached hydrogen (secondary N) is 1. The Labute approximate surface area is 133 Å². The second-order valence-electron chi connectivity index (χ2n) is 5.44. The number of rotatable bonds is 5. The van der Waals surface area contributed by atoms with Crippen LogP contribution in [0, 0.1) is 0 Å². The number of nitrogens with zero attached hydrogens (tertiary/aromatic N) is 1. The molecule has 0 spiro atoms. The molecule has 118 valence electrons. The zero-order valence-electron chi connectivity index (χ0n) is 12.4. The summed E-state index contributed by atoms with van der Waals surface area (Å²) in [6.45, 7) is 1.76. The standard InChI is InChI=1S/C16H21N3O2S/c17-16(18-9-12-5-3-7-21-12)19-10-13(20)15-8-11-4-1-2-6-14(11)22-15/h1-2,4,6,8,12-13,20H,3,5,7,9-10H2,(H3,17,18,19). The minimum atomic E-state index is -0.625. The summed E-state index contributed by atoms with van der Waals surface area (Å²) in [6.07, 6.45) is 1.76. The van der Waals surface area contributed by atoms with Crippen molar-refractivity contribution in [2.24, 2.45) is 10.7 Å². The smallest absolute Gasteiger partial charge is 0.188 e. The molecule has 0 aliphatic carbocycles. The zero-order chi connectivity index (χ0) is 15.4. The van der Waals surface area contributed by atoms with Gasteiger partial charge in [-0.3, -0.25) is 4.99 Å². The van der Waals surface area contributed by atoms with Crippen LogP contribution in [-0.4, -0.2) is 36.9 Å². The molecule has 1 aliphatic heterocycles. The average molecular weight is 319 g/mol. The molecule has 0 bridgehead atoms. The topological polar surface area (TPSA) is 79.9 Å². The van der Waals surface area contributed by atoms with E-state index in [1.807, 2.05) is 24.3 Å². The summed E-state index contributed by atoms with van der Waals surface area (Å²) in [5, 5.41) is 14.4. The van der Waals surface area contributed by atoms with Gasteiger partial charge in [0.15, 0.2) is 5.96 Å². The number of fused-ring (bicyclic) bond motifs is 1. The van der Waals surface area contributed by atoms with E-state index in [0.29, 0.717) is 12.5 Å². The molecule has 0 saturated carbocycles. The lowest BCUT2D eigenvalue weighted by atomic mass is 10.2. The Morgan fingerprint density at radius 2 is 2.36 bits per heavy atom. The van der Waals surface area contributed by atoms with E-state index in [9.17, 15) is 5.11 Å². The minimum absolute atomic E-state index is 0.223.